The highest BCUT2D eigenvalue weighted by molar-refractivity contribution is 5.37. The fourth-order valence-electron chi connectivity index (χ4n) is 2.47. The molecule has 0 saturated carbocycles. The van der Waals surface area contributed by atoms with E-state index < -0.39 is 0 Å². The standard InChI is InChI=1S/C15H24N2O2/c1-18-10-9-17(8-4-7-16)12-14-11-13-5-2-3-6-15(13)19-14/h2-3,5-6,14H,4,7-12,16H2,1H3. The molecule has 0 amide bonds. The Bertz CT molecular complexity index is 351. The smallest absolute Gasteiger partial charge is 0.123 e. The lowest BCUT2D eigenvalue weighted by Gasteiger charge is -2.24. The Balaban J connectivity index is 1.84. The first-order valence-electron chi connectivity index (χ1n) is 6.99. The lowest BCUT2D eigenvalue weighted by atomic mass is 10.1. The summed E-state index contributed by atoms with van der Waals surface area (Å²) < 4.78 is 11.1. The summed E-state index contributed by atoms with van der Waals surface area (Å²) in [4.78, 5) is 2.38. The first kappa shape index (κ1) is 14.3. The highest BCUT2D eigenvalue weighted by Gasteiger charge is 2.24. The van der Waals surface area contributed by atoms with E-state index in [1.165, 1.54) is 5.56 Å². The van der Waals surface area contributed by atoms with Crippen LogP contribution in [0.15, 0.2) is 24.3 Å². The quantitative estimate of drug-likeness (QED) is 0.768. The van der Waals surface area contributed by atoms with Crippen molar-refractivity contribution in [1.29, 1.82) is 0 Å². The summed E-state index contributed by atoms with van der Waals surface area (Å²) in [5, 5.41) is 0. The van der Waals surface area contributed by atoms with Gasteiger partial charge in [-0.25, -0.2) is 0 Å². The van der Waals surface area contributed by atoms with Crippen molar-refractivity contribution < 1.29 is 9.47 Å². The number of nitrogens with zero attached hydrogens (tertiary/aromatic N) is 1. The van der Waals surface area contributed by atoms with Crippen LogP contribution in [0.4, 0.5) is 0 Å². The monoisotopic (exact) mass is 264 g/mol. The fraction of sp³-hybridized carbons (Fsp3) is 0.600. The number of hydrogen-bond acceptors (Lipinski definition) is 4. The van der Waals surface area contributed by atoms with Gasteiger partial charge >= 0.3 is 0 Å². The molecule has 1 aromatic rings. The molecule has 2 rings (SSSR count). The van der Waals surface area contributed by atoms with Crippen LogP contribution in [-0.2, 0) is 11.2 Å². The molecule has 0 aliphatic carbocycles. The number of hydrogen-bond donors (Lipinski definition) is 1. The van der Waals surface area contributed by atoms with Crippen molar-refractivity contribution in [3.63, 3.8) is 0 Å². The molecule has 4 nitrogen and oxygen atoms in total. The van der Waals surface area contributed by atoms with E-state index in [9.17, 15) is 0 Å². The van der Waals surface area contributed by atoms with Gasteiger partial charge in [-0.3, -0.25) is 4.90 Å². The second-order valence-corrected chi connectivity index (χ2v) is 4.99. The highest BCUT2D eigenvalue weighted by Crippen LogP contribution is 2.28. The molecule has 19 heavy (non-hydrogen) atoms. The SMILES string of the molecule is COCCN(CCCN)CC1Cc2ccccc2O1. The number of benzene rings is 1. The van der Waals surface area contributed by atoms with E-state index in [0.29, 0.717) is 0 Å². The fourth-order valence-corrected chi connectivity index (χ4v) is 2.47. The molecule has 1 aromatic carbocycles. The molecule has 1 aliphatic heterocycles. The predicted molar refractivity (Wildman–Crippen MR) is 76.5 cm³/mol. The predicted octanol–water partition coefficient (Wildman–Crippen LogP) is 1.29. The summed E-state index contributed by atoms with van der Waals surface area (Å²) in [5.74, 6) is 1.04. The van der Waals surface area contributed by atoms with E-state index in [0.717, 1.165) is 51.4 Å². The minimum absolute atomic E-state index is 0.257. The van der Waals surface area contributed by atoms with Crippen LogP contribution in [0.2, 0.25) is 0 Å². The Kier molecular flexibility index (Phi) is 5.63. The third-order valence-corrected chi connectivity index (χ3v) is 3.47. The Labute approximate surface area is 115 Å². The maximum absolute atomic E-state index is 5.98. The maximum Gasteiger partial charge on any atom is 0.123 e. The van der Waals surface area contributed by atoms with Gasteiger partial charge in [0.25, 0.3) is 0 Å². The molecular weight excluding hydrogens is 240 g/mol. The minimum atomic E-state index is 0.257. The van der Waals surface area contributed by atoms with Crippen molar-refractivity contribution >= 4 is 0 Å². The topological polar surface area (TPSA) is 47.7 Å². The van der Waals surface area contributed by atoms with Gasteiger partial charge in [0.15, 0.2) is 0 Å². The largest absolute Gasteiger partial charge is 0.488 e. The number of fused-ring (bicyclic) bond motifs is 1. The number of methoxy groups -OCH3 is 1. The first-order chi connectivity index (χ1) is 9.33. The minimum Gasteiger partial charge on any atom is -0.488 e. The summed E-state index contributed by atoms with van der Waals surface area (Å²) in [7, 11) is 1.74. The van der Waals surface area contributed by atoms with E-state index in [2.05, 4.69) is 23.1 Å². The van der Waals surface area contributed by atoms with E-state index in [1.807, 2.05) is 6.07 Å². The Morgan fingerprint density at radius 3 is 2.95 bits per heavy atom. The molecule has 2 N–H and O–H groups in total. The van der Waals surface area contributed by atoms with Crippen LogP contribution in [0.5, 0.6) is 5.75 Å². The van der Waals surface area contributed by atoms with Crippen molar-refractivity contribution in [3.8, 4) is 5.75 Å². The van der Waals surface area contributed by atoms with E-state index in [1.54, 1.807) is 7.11 Å². The molecule has 0 spiro atoms. The van der Waals surface area contributed by atoms with Crippen LogP contribution in [0.3, 0.4) is 0 Å². The molecule has 0 bridgehead atoms. The molecular formula is C15H24N2O2. The number of ether oxygens (including phenoxy) is 2. The zero-order valence-electron chi connectivity index (χ0n) is 11.7. The van der Waals surface area contributed by atoms with Gasteiger partial charge in [0.1, 0.15) is 11.9 Å². The Morgan fingerprint density at radius 2 is 2.21 bits per heavy atom. The maximum atomic E-state index is 5.98. The number of rotatable bonds is 8. The van der Waals surface area contributed by atoms with Crippen LogP contribution in [0.1, 0.15) is 12.0 Å². The molecule has 0 saturated heterocycles. The summed E-state index contributed by atoms with van der Waals surface area (Å²) in [6, 6.07) is 8.30. The van der Waals surface area contributed by atoms with E-state index >= 15 is 0 Å². The van der Waals surface area contributed by atoms with Gasteiger partial charge in [-0.05, 0) is 31.1 Å². The summed E-state index contributed by atoms with van der Waals surface area (Å²) in [5.41, 5.74) is 6.91. The lowest BCUT2D eigenvalue weighted by Crippen LogP contribution is -2.38. The zero-order valence-corrected chi connectivity index (χ0v) is 11.7. The third kappa shape index (κ3) is 4.20. The van der Waals surface area contributed by atoms with E-state index in [4.69, 9.17) is 15.2 Å². The molecule has 4 heteroatoms. The lowest BCUT2D eigenvalue weighted by molar-refractivity contribution is 0.110. The Hall–Kier alpha value is -1.10. The molecule has 1 heterocycles. The van der Waals surface area contributed by atoms with Crippen molar-refractivity contribution in [2.24, 2.45) is 5.73 Å². The average Bonchev–Trinajstić information content (AvgIpc) is 2.84. The summed E-state index contributed by atoms with van der Waals surface area (Å²) >= 11 is 0. The molecule has 1 unspecified atom stereocenters. The second-order valence-electron chi connectivity index (χ2n) is 4.99. The van der Waals surface area contributed by atoms with Crippen LogP contribution in [-0.4, -0.2) is 50.9 Å². The normalized spacial score (nSPS) is 17.5. The van der Waals surface area contributed by atoms with Crippen molar-refractivity contribution in [2.75, 3.05) is 39.9 Å². The third-order valence-electron chi connectivity index (χ3n) is 3.47. The van der Waals surface area contributed by atoms with E-state index in [-0.39, 0.29) is 6.10 Å². The average molecular weight is 264 g/mol. The molecule has 0 radical (unpaired) electrons. The summed E-state index contributed by atoms with van der Waals surface area (Å²) in [6.07, 6.45) is 2.28. The molecule has 1 atom stereocenters. The van der Waals surface area contributed by atoms with Gasteiger partial charge < -0.3 is 15.2 Å². The molecule has 0 aromatic heterocycles. The Morgan fingerprint density at radius 1 is 1.37 bits per heavy atom. The van der Waals surface area contributed by atoms with Gasteiger partial charge in [-0.1, -0.05) is 18.2 Å². The number of para-hydroxylation sites is 1. The van der Waals surface area contributed by atoms with Gasteiger partial charge in [-0.2, -0.15) is 0 Å². The second kappa shape index (κ2) is 7.48. The van der Waals surface area contributed by atoms with Crippen LogP contribution < -0.4 is 10.5 Å². The molecule has 0 fully saturated rings. The van der Waals surface area contributed by atoms with Gasteiger partial charge in [0.05, 0.1) is 6.61 Å². The van der Waals surface area contributed by atoms with Crippen LogP contribution in [0.25, 0.3) is 0 Å². The zero-order chi connectivity index (χ0) is 13.5. The van der Waals surface area contributed by atoms with Gasteiger partial charge in [-0.15, -0.1) is 0 Å². The highest BCUT2D eigenvalue weighted by atomic mass is 16.5. The molecule has 1 aliphatic rings. The first-order valence-corrected chi connectivity index (χ1v) is 6.99. The summed E-state index contributed by atoms with van der Waals surface area (Å²) in [6.45, 7) is 4.38. The van der Waals surface area contributed by atoms with Crippen molar-refractivity contribution in [2.45, 2.75) is 18.9 Å². The van der Waals surface area contributed by atoms with Crippen LogP contribution >= 0.6 is 0 Å². The van der Waals surface area contributed by atoms with Gasteiger partial charge in [0, 0.05) is 26.6 Å². The van der Waals surface area contributed by atoms with Gasteiger partial charge in [0.2, 0.25) is 0 Å². The van der Waals surface area contributed by atoms with Crippen molar-refractivity contribution in [3.05, 3.63) is 29.8 Å². The number of nitrogens with two attached hydrogens (primary N) is 1. The van der Waals surface area contributed by atoms with Crippen molar-refractivity contribution in [1.82, 2.24) is 4.90 Å². The molecule has 106 valence electrons. The van der Waals surface area contributed by atoms with Crippen LogP contribution in [0, 0.1) is 0 Å².